The zero-order chi connectivity index (χ0) is 13.5. The second-order valence-electron chi connectivity index (χ2n) is 5.67. The number of thioether (sulfide) groups is 1. The van der Waals surface area contributed by atoms with Gasteiger partial charge in [0.25, 0.3) is 0 Å². The molecule has 0 saturated heterocycles. The van der Waals surface area contributed by atoms with Crippen LogP contribution in [0.4, 0.5) is 0 Å². The number of hydrogen-bond donors (Lipinski definition) is 1. The summed E-state index contributed by atoms with van der Waals surface area (Å²) in [4.78, 5) is 1.36. The minimum Gasteiger partial charge on any atom is -0.310 e. The minimum absolute atomic E-state index is 0.555. The summed E-state index contributed by atoms with van der Waals surface area (Å²) in [5.41, 5.74) is 1.47. The van der Waals surface area contributed by atoms with E-state index >= 15 is 0 Å². The van der Waals surface area contributed by atoms with Crippen molar-refractivity contribution in [2.45, 2.75) is 56.4 Å². The summed E-state index contributed by atoms with van der Waals surface area (Å²) in [6.07, 6.45) is 10.4. The van der Waals surface area contributed by atoms with E-state index < -0.39 is 0 Å². The normalized spacial score (nSPS) is 17.8. The first kappa shape index (κ1) is 14.9. The number of rotatable bonds is 7. The molecule has 0 bridgehead atoms. The molecule has 1 unspecified atom stereocenters. The second kappa shape index (κ2) is 7.96. The number of hydrogen-bond acceptors (Lipinski definition) is 2. The summed E-state index contributed by atoms with van der Waals surface area (Å²) < 4.78 is 0. The van der Waals surface area contributed by atoms with Crippen molar-refractivity contribution in [2.24, 2.45) is 5.92 Å². The van der Waals surface area contributed by atoms with Crippen LogP contribution in [-0.2, 0) is 0 Å². The first-order chi connectivity index (χ1) is 9.33. The zero-order valence-corrected chi connectivity index (χ0v) is 13.1. The summed E-state index contributed by atoms with van der Waals surface area (Å²) in [6, 6.07) is 9.70. The Kier molecular flexibility index (Phi) is 6.25. The lowest BCUT2D eigenvalue weighted by Crippen LogP contribution is -2.24. The van der Waals surface area contributed by atoms with Gasteiger partial charge in [-0.1, -0.05) is 44.7 Å². The largest absolute Gasteiger partial charge is 0.310 e. The Bertz CT molecular complexity index is 354. The van der Waals surface area contributed by atoms with Crippen molar-refractivity contribution in [2.75, 3.05) is 12.8 Å². The molecule has 1 aromatic rings. The molecular weight excluding hydrogens is 250 g/mol. The van der Waals surface area contributed by atoms with Crippen molar-refractivity contribution in [3.05, 3.63) is 29.8 Å². The molecule has 1 saturated carbocycles. The molecule has 1 N–H and O–H groups in total. The highest BCUT2D eigenvalue weighted by molar-refractivity contribution is 7.98. The van der Waals surface area contributed by atoms with Crippen molar-refractivity contribution < 1.29 is 0 Å². The molecule has 19 heavy (non-hydrogen) atoms. The second-order valence-corrected chi connectivity index (χ2v) is 6.55. The van der Waals surface area contributed by atoms with Crippen molar-refractivity contribution in [1.82, 2.24) is 5.32 Å². The highest BCUT2D eigenvalue weighted by Gasteiger charge is 2.20. The van der Waals surface area contributed by atoms with Gasteiger partial charge in [-0.25, -0.2) is 0 Å². The fraction of sp³-hybridized carbons (Fsp3) is 0.647. The topological polar surface area (TPSA) is 12.0 Å². The summed E-state index contributed by atoms with van der Waals surface area (Å²) >= 11 is 1.82. The quantitative estimate of drug-likeness (QED) is 0.702. The maximum absolute atomic E-state index is 3.74. The average Bonchev–Trinajstić information content (AvgIpc) is 2.96. The first-order valence-corrected chi connectivity index (χ1v) is 8.93. The minimum atomic E-state index is 0.555. The van der Waals surface area contributed by atoms with Crippen LogP contribution in [0.1, 0.15) is 57.1 Å². The van der Waals surface area contributed by atoms with Crippen LogP contribution in [0, 0.1) is 5.92 Å². The zero-order valence-electron chi connectivity index (χ0n) is 12.3. The van der Waals surface area contributed by atoms with Crippen molar-refractivity contribution in [1.29, 1.82) is 0 Å². The summed E-state index contributed by atoms with van der Waals surface area (Å²) in [7, 11) is 0. The lowest BCUT2D eigenvalue weighted by Gasteiger charge is -2.22. The molecule has 0 amide bonds. The lowest BCUT2D eigenvalue weighted by atomic mass is 9.93. The van der Waals surface area contributed by atoms with Crippen LogP contribution >= 0.6 is 11.8 Å². The fourth-order valence-corrected chi connectivity index (χ4v) is 3.48. The van der Waals surface area contributed by atoms with Crippen LogP contribution in [-0.4, -0.2) is 12.8 Å². The molecule has 0 radical (unpaired) electrons. The van der Waals surface area contributed by atoms with Crippen LogP contribution in [0.15, 0.2) is 29.2 Å². The van der Waals surface area contributed by atoms with E-state index in [1.54, 1.807) is 0 Å². The SMILES string of the molecule is CCCNC(CC1CCCC1)c1ccc(SC)cc1. The van der Waals surface area contributed by atoms with Crippen LogP contribution < -0.4 is 5.32 Å². The molecule has 1 atom stereocenters. The highest BCUT2D eigenvalue weighted by atomic mass is 32.2. The van der Waals surface area contributed by atoms with Crippen molar-refractivity contribution in [3.8, 4) is 0 Å². The third-order valence-electron chi connectivity index (χ3n) is 4.20. The average molecular weight is 277 g/mol. The van der Waals surface area contributed by atoms with E-state index in [0.29, 0.717) is 6.04 Å². The summed E-state index contributed by atoms with van der Waals surface area (Å²) in [5.74, 6) is 0.939. The maximum Gasteiger partial charge on any atom is 0.0322 e. The Morgan fingerprint density at radius 2 is 1.89 bits per heavy atom. The standard InChI is InChI=1S/C17H27NS/c1-3-12-18-17(13-14-6-4-5-7-14)15-8-10-16(19-2)11-9-15/h8-11,14,17-18H,3-7,12-13H2,1-2H3. The molecule has 1 aromatic carbocycles. The Morgan fingerprint density at radius 1 is 1.21 bits per heavy atom. The van der Waals surface area contributed by atoms with E-state index in [0.717, 1.165) is 12.5 Å². The van der Waals surface area contributed by atoms with Crippen LogP contribution in [0.2, 0.25) is 0 Å². The molecule has 1 fully saturated rings. The molecule has 0 spiro atoms. The highest BCUT2D eigenvalue weighted by Crippen LogP contribution is 2.33. The summed E-state index contributed by atoms with van der Waals surface area (Å²) in [5, 5.41) is 3.74. The van der Waals surface area contributed by atoms with Crippen LogP contribution in [0.25, 0.3) is 0 Å². The molecule has 0 aromatic heterocycles. The van der Waals surface area contributed by atoms with E-state index in [9.17, 15) is 0 Å². The van der Waals surface area contributed by atoms with E-state index in [4.69, 9.17) is 0 Å². The fourth-order valence-electron chi connectivity index (χ4n) is 3.07. The Labute approximate surface area is 122 Å². The number of nitrogens with one attached hydrogen (secondary N) is 1. The third-order valence-corrected chi connectivity index (χ3v) is 4.95. The van der Waals surface area contributed by atoms with Gasteiger partial charge in [-0.05, 0) is 49.3 Å². The van der Waals surface area contributed by atoms with Gasteiger partial charge in [0.05, 0.1) is 0 Å². The van der Waals surface area contributed by atoms with Crippen molar-refractivity contribution >= 4 is 11.8 Å². The van der Waals surface area contributed by atoms with E-state index in [-0.39, 0.29) is 0 Å². The van der Waals surface area contributed by atoms with Crippen LogP contribution in [0.3, 0.4) is 0 Å². The molecule has 1 aliphatic rings. The van der Waals surface area contributed by atoms with Gasteiger partial charge in [-0.2, -0.15) is 0 Å². The molecule has 0 heterocycles. The molecule has 2 heteroatoms. The van der Waals surface area contributed by atoms with E-state index in [2.05, 4.69) is 42.8 Å². The Morgan fingerprint density at radius 3 is 2.47 bits per heavy atom. The predicted octanol–water partition coefficient (Wildman–Crippen LogP) is 5.03. The van der Waals surface area contributed by atoms with Crippen LogP contribution in [0.5, 0.6) is 0 Å². The number of benzene rings is 1. The molecule has 1 aliphatic carbocycles. The van der Waals surface area contributed by atoms with Gasteiger partial charge < -0.3 is 5.32 Å². The molecule has 1 nitrogen and oxygen atoms in total. The maximum atomic E-state index is 3.74. The third kappa shape index (κ3) is 4.54. The van der Waals surface area contributed by atoms with Crippen molar-refractivity contribution in [3.63, 3.8) is 0 Å². The smallest absolute Gasteiger partial charge is 0.0322 e. The first-order valence-electron chi connectivity index (χ1n) is 7.70. The van der Waals surface area contributed by atoms with Gasteiger partial charge in [0, 0.05) is 10.9 Å². The predicted molar refractivity (Wildman–Crippen MR) is 85.8 cm³/mol. The molecule has 2 rings (SSSR count). The van der Waals surface area contributed by atoms with Gasteiger partial charge >= 0.3 is 0 Å². The van der Waals surface area contributed by atoms with E-state index in [1.807, 2.05) is 11.8 Å². The monoisotopic (exact) mass is 277 g/mol. The van der Waals surface area contributed by atoms with Gasteiger partial charge in [-0.3, -0.25) is 0 Å². The van der Waals surface area contributed by atoms with Gasteiger partial charge in [-0.15, -0.1) is 11.8 Å². The summed E-state index contributed by atoms with van der Waals surface area (Å²) in [6.45, 7) is 3.37. The van der Waals surface area contributed by atoms with Gasteiger partial charge in [0.15, 0.2) is 0 Å². The lowest BCUT2D eigenvalue weighted by molar-refractivity contribution is 0.395. The Hall–Kier alpha value is -0.470. The molecular formula is C17H27NS. The molecule has 0 aliphatic heterocycles. The van der Waals surface area contributed by atoms with E-state index in [1.165, 1.54) is 49.0 Å². The molecule has 106 valence electrons. The van der Waals surface area contributed by atoms with Gasteiger partial charge in [0.1, 0.15) is 0 Å². The Balaban J connectivity index is 2.01. The van der Waals surface area contributed by atoms with Gasteiger partial charge in [0.2, 0.25) is 0 Å².